The van der Waals surface area contributed by atoms with E-state index in [9.17, 15) is 0 Å². The molecule has 2 nitrogen and oxygen atoms in total. The zero-order chi connectivity index (χ0) is 21.5. The van der Waals surface area contributed by atoms with Crippen LogP contribution in [-0.4, -0.2) is 0 Å². The number of hydrogen-bond acceptors (Lipinski definition) is 3. The molecule has 5 heteroatoms. The first kappa shape index (κ1) is 21.6. The molecule has 0 fully saturated rings. The fourth-order valence-electron chi connectivity index (χ4n) is 2.95. The van der Waals surface area contributed by atoms with Crippen LogP contribution in [0.4, 0.5) is 0 Å². The fraction of sp³-hybridized carbons (Fsp3) is 0.0769. The Morgan fingerprint density at radius 3 is 1.19 bits per heavy atom. The molecule has 156 valence electrons. The molecule has 4 aromatic carbocycles. The minimum Gasteiger partial charge on any atom is -0.475 e. The molecule has 4 aromatic rings. The van der Waals surface area contributed by atoms with Gasteiger partial charge in [0.1, 0.15) is 11.5 Å². The lowest BCUT2D eigenvalue weighted by Gasteiger charge is -2.26. The number of ether oxygens (including phenoxy) is 2. The topological polar surface area (TPSA) is 18.5 Å². The van der Waals surface area contributed by atoms with Gasteiger partial charge >= 0.3 is 0 Å². The molecule has 31 heavy (non-hydrogen) atoms. The Balaban J connectivity index is 1.64. The Bertz CT molecular complexity index is 983. The molecule has 0 amide bonds. The highest BCUT2D eigenvalue weighted by Crippen LogP contribution is 2.43. The molecule has 0 aliphatic heterocycles. The molecule has 0 saturated heterocycles. The van der Waals surface area contributed by atoms with Crippen molar-refractivity contribution in [1.29, 1.82) is 0 Å². The number of thioether (sulfide) groups is 1. The maximum Gasteiger partial charge on any atom is 0.173 e. The van der Waals surface area contributed by atoms with Crippen LogP contribution in [0.5, 0.6) is 11.5 Å². The van der Waals surface area contributed by atoms with E-state index in [0.29, 0.717) is 10.0 Å². The minimum atomic E-state index is -0.292. The molecule has 0 saturated carbocycles. The molecule has 4 rings (SSSR count). The van der Waals surface area contributed by atoms with Gasteiger partial charge in [0.05, 0.1) is 0 Å². The predicted octanol–water partition coefficient (Wildman–Crippen LogP) is 8.58. The summed E-state index contributed by atoms with van der Waals surface area (Å²) in [7, 11) is 0. The van der Waals surface area contributed by atoms with Gasteiger partial charge in [0.15, 0.2) is 10.9 Å². The van der Waals surface area contributed by atoms with Crippen LogP contribution in [0.15, 0.2) is 109 Å². The first-order chi connectivity index (χ1) is 15.2. The Morgan fingerprint density at radius 2 is 0.839 bits per heavy atom. The van der Waals surface area contributed by atoms with Crippen molar-refractivity contribution in [2.75, 3.05) is 0 Å². The van der Waals surface area contributed by atoms with Crippen LogP contribution in [-0.2, 0) is 0 Å². The van der Waals surface area contributed by atoms with E-state index in [0.717, 1.165) is 22.6 Å². The lowest BCUT2D eigenvalue weighted by atomic mass is 10.2. The summed E-state index contributed by atoms with van der Waals surface area (Å²) in [6.07, 6.45) is 0. The summed E-state index contributed by atoms with van der Waals surface area (Å²) in [5.74, 6) is 1.48. The second-order valence-corrected chi connectivity index (χ2v) is 8.77. The average molecular weight is 467 g/mol. The van der Waals surface area contributed by atoms with E-state index in [1.807, 2.05) is 84.9 Å². The average Bonchev–Trinajstić information content (AvgIpc) is 2.82. The maximum atomic E-state index is 6.37. The van der Waals surface area contributed by atoms with Crippen LogP contribution in [0.1, 0.15) is 22.0 Å². The maximum absolute atomic E-state index is 6.37. The second-order valence-electron chi connectivity index (χ2n) is 6.76. The molecule has 0 heterocycles. The Labute approximate surface area is 196 Å². The van der Waals surface area contributed by atoms with Gasteiger partial charge in [-0.2, -0.15) is 0 Å². The molecule has 0 N–H and O–H groups in total. The van der Waals surface area contributed by atoms with Gasteiger partial charge in [-0.05, 0) is 48.5 Å². The first-order valence-electron chi connectivity index (χ1n) is 9.77. The molecule has 0 aliphatic rings. The molecular formula is C26H20Cl2O2S. The normalized spacial score (nSPS) is 12.7. The third-order valence-electron chi connectivity index (χ3n) is 4.50. The lowest BCUT2D eigenvalue weighted by Crippen LogP contribution is -2.11. The van der Waals surface area contributed by atoms with Crippen molar-refractivity contribution in [3.8, 4) is 11.5 Å². The fourth-order valence-corrected chi connectivity index (χ4v) is 4.39. The van der Waals surface area contributed by atoms with E-state index in [4.69, 9.17) is 32.7 Å². The number of benzene rings is 4. The SMILES string of the molecule is Clc1ccc(OC(SC(Oc2ccc(Cl)cc2)c2ccccc2)c2ccccc2)cc1. The van der Waals surface area contributed by atoms with E-state index in [-0.39, 0.29) is 10.9 Å². The van der Waals surface area contributed by atoms with E-state index in [1.165, 1.54) is 0 Å². The van der Waals surface area contributed by atoms with Crippen LogP contribution in [0.2, 0.25) is 10.0 Å². The Morgan fingerprint density at radius 1 is 0.484 bits per heavy atom. The smallest absolute Gasteiger partial charge is 0.173 e. The van der Waals surface area contributed by atoms with Crippen LogP contribution < -0.4 is 9.47 Å². The van der Waals surface area contributed by atoms with E-state index in [2.05, 4.69) is 24.3 Å². The third-order valence-corrected chi connectivity index (χ3v) is 6.24. The summed E-state index contributed by atoms with van der Waals surface area (Å²) in [5, 5.41) is 1.34. The van der Waals surface area contributed by atoms with Crippen molar-refractivity contribution in [1.82, 2.24) is 0 Å². The van der Waals surface area contributed by atoms with Gasteiger partial charge in [-0.3, -0.25) is 0 Å². The summed E-state index contributed by atoms with van der Waals surface area (Å²) in [6, 6.07) is 35.0. The minimum absolute atomic E-state index is 0.292. The monoisotopic (exact) mass is 466 g/mol. The lowest BCUT2D eigenvalue weighted by molar-refractivity contribution is 0.267. The largest absolute Gasteiger partial charge is 0.475 e. The zero-order valence-electron chi connectivity index (χ0n) is 16.5. The summed E-state index contributed by atoms with van der Waals surface area (Å²) < 4.78 is 12.7. The summed E-state index contributed by atoms with van der Waals surface area (Å²) in [4.78, 5) is 0. The standard InChI is InChI=1S/C26H20Cl2O2S/c27-21-11-15-23(16-12-21)29-25(19-7-3-1-4-8-19)31-26(20-9-5-2-6-10-20)30-24-17-13-22(28)14-18-24/h1-18,25-26H. The quantitative estimate of drug-likeness (QED) is 0.242. The molecule has 0 aromatic heterocycles. The highest BCUT2D eigenvalue weighted by atomic mass is 35.5. The van der Waals surface area contributed by atoms with Crippen molar-refractivity contribution in [3.63, 3.8) is 0 Å². The highest BCUT2D eigenvalue weighted by Gasteiger charge is 2.23. The van der Waals surface area contributed by atoms with Crippen LogP contribution in [0.3, 0.4) is 0 Å². The van der Waals surface area contributed by atoms with Gasteiger partial charge in [0.25, 0.3) is 0 Å². The van der Waals surface area contributed by atoms with E-state index in [1.54, 1.807) is 11.8 Å². The van der Waals surface area contributed by atoms with Crippen LogP contribution >= 0.6 is 35.0 Å². The number of halogens is 2. The van der Waals surface area contributed by atoms with Crippen molar-refractivity contribution >= 4 is 35.0 Å². The number of rotatable bonds is 8. The molecular weight excluding hydrogens is 447 g/mol. The van der Waals surface area contributed by atoms with Crippen LogP contribution in [0, 0.1) is 0 Å². The summed E-state index contributed by atoms with van der Waals surface area (Å²) in [5.41, 5.74) is 1.51. The van der Waals surface area contributed by atoms with Gasteiger partial charge in [0, 0.05) is 21.2 Å². The molecule has 0 bridgehead atoms. The molecule has 0 aliphatic carbocycles. The van der Waals surface area contributed by atoms with Gasteiger partial charge < -0.3 is 9.47 Å². The van der Waals surface area contributed by atoms with Crippen LogP contribution in [0.25, 0.3) is 0 Å². The Kier molecular flexibility index (Phi) is 7.42. The molecule has 2 unspecified atom stereocenters. The van der Waals surface area contributed by atoms with Gasteiger partial charge in [-0.1, -0.05) is 95.6 Å². The predicted molar refractivity (Wildman–Crippen MR) is 130 cm³/mol. The van der Waals surface area contributed by atoms with E-state index < -0.39 is 0 Å². The molecule has 0 spiro atoms. The van der Waals surface area contributed by atoms with Crippen molar-refractivity contribution < 1.29 is 9.47 Å². The molecule has 0 radical (unpaired) electrons. The van der Waals surface area contributed by atoms with E-state index >= 15 is 0 Å². The van der Waals surface area contributed by atoms with Gasteiger partial charge in [-0.25, -0.2) is 0 Å². The first-order valence-corrected chi connectivity index (χ1v) is 11.5. The summed E-state index contributed by atoms with van der Waals surface area (Å²) in [6.45, 7) is 0. The van der Waals surface area contributed by atoms with Crippen molar-refractivity contribution in [3.05, 3.63) is 130 Å². The number of hydrogen-bond donors (Lipinski definition) is 0. The van der Waals surface area contributed by atoms with Crippen molar-refractivity contribution in [2.45, 2.75) is 10.9 Å². The molecule has 2 atom stereocenters. The van der Waals surface area contributed by atoms with Gasteiger partial charge in [0.2, 0.25) is 0 Å². The van der Waals surface area contributed by atoms with Crippen molar-refractivity contribution in [2.24, 2.45) is 0 Å². The highest BCUT2D eigenvalue weighted by molar-refractivity contribution is 7.99. The zero-order valence-corrected chi connectivity index (χ0v) is 18.9. The third kappa shape index (κ3) is 6.20. The van der Waals surface area contributed by atoms with Gasteiger partial charge in [-0.15, -0.1) is 0 Å². The summed E-state index contributed by atoms with van der Waals surface area (Å²) >= 11 is 13.7. The Hall–Kier alpha value is -2.59. The second kappa shape index (κ2) is 10.6.